The van der Waals surface area contributed by atoms with Crippen LogP contribution in [-0.2, 0) is 0 Å². The highest BCUT2D eigenvalue weighted by Gasteiger charge is 2.20. The van der Waals surface area contributed by atoms with Gasteiger partial charge >= 0.3 is 0 Å². The third kappa shape index (κ3) is 5.43. The second kappa shape index (κ2) is 11.0. The van der Waals surface area contributed by atoms with Gasteiger partial charge in [0.1, 0.15) is 5.75 Å². The van der Waals surface area contributed by atoms with Crippen molar-refractivity contribution in [2.45, 2.75) is 19.3 Å². The molecule has 6 nitrogen and oxygen atoms in total. The Labute approximate surface area is 183 Å². The molecule has 0 bridgehead atoms. The van der Waals surface area contributed by atoms with Gasteiger partial charge in [-0.1, -0.05) is 18.2 Å². The summed E-state index contributed by atoms with van der Waals surface area (Å²) in [7, 11) is 3.26. The molecule has 0 radical (unpaired) electrons. The fraction of sp³-hybridized carbons (Fsp3) is 0.381. The van der Waals surface area contributed by atoms with Crippen LogP contribution in [0.2, 0.25) is 0 Å². The number of para-hydroxylation sites is 1. The Morgan fingerprint density at radius 3 is 2.68 bits per heavy atom. The van der Waals surface area contributed by atoms with Crippen molar-refractivity contribution in [3.63, 3.8) is 0 Å². The molecule has 1 aliphatic heterocycles. The van der Waals surface area contributed by atoms with Crippen LogP contribution in [0, 0.1) is 0 Å². The average molecular weight is 497 g/mol. The number of ether oxygens (including phenoxy) is 3. The standard InChI is InChI=1S/C21H27N3O3.HI/c1-4-22-21(24-16-9-10-19(25-2)20(13-16)26-3)23-14-15-11-12-27-18-8-6-5-7-17(15)18;/h5-10,13,15H,4,11-12,14H2,1-3H3,(H2,22,23,24);1H. The molecule has 1 atom stereocenters. The molecule has 2 N–H and O–H groups in total. The minimum Gasteiger partial charge on any atom is -0.493 e. The molecule has 2 aromatic rings. The van der Waals surface area contributed by atoms with Gasteiger partial charge in [0.15, 0.2) is 17.5 Å². The van der Waals surface area contributed by atoms with E-state index in [0.717, 1.165) is 37.0 Å². The molecule has 0 fully saturated rings. The van der Waals surface area contributed by atoms with E-state index in [1.165, 1.54) is 5.56 Å². The van der Waals surface area contributed by atoms with Crippen molar-refractivity contribution in [2.75, 3.05) is 39.2 Å². The predicted molar refractivity (Wildman–Crippen MR) is 124 cm³/mol. The predicted octanol–water partition coefficient (Wildman–Crippen LogP) is 4.27. The molecule has 0 saturated carbocycles. The van der Waals surface area contributed by atoms with Crippen molar-refractivity contribution in [3.8, 4) is 17.2 Å². The number of benzene rings is 2. The number of nitrogens with zero attached hydrogens (tertiary/aromatic N) is 1. The van der Waals surface area contributed by atoms with E-state index in [0.29, 0.717) is 24.0 Å². The summed E-state index contributed by atoms with van der Waals surface area (Å²) in [5.41, 5.74) is 2.12. The lowest BCUT2D eigenvalue weighted by Gasteiger charge is -2.25. The van der Waals surface area contributed by atoms with Crippen LogP contribution >= 0.6 is 24.0 Å². The molecule has 0 amide bonds. The summed E-state index contributed by atoms with van der Waals surface area (Å²) >= 11 is 0. The Morgan fingerprint density at radius 1 is 1.14 bits per heavy atom. The van der Waals surface area contributed by atoms with E-state index in [2.05, 4.69) is 29.7 Å². The molecular weight excluding hydrogens is 469 g/mol. The van der Waals surface area contributed by atoms with E-state index in [4.69, 9.17) is 19.2 Å². The summed E-state index contributed by atoms with van der Waals surface area (Å²) < 4.78 is 16.4. The number of hydrogen-bond acceptors (Lipinski definition) is 4. The van der Waals surface area contributed by atoms with Crippen molar-refractivity contribution in [1.82, 2.24) is 5.32 Å². The number of methoxy groups -OCH3 is 2. The summed E-state index contributed by atoms with van der Waals surface area (Å²) in [5, 5.41) is 6.64. The molecule has 0 aromatic heterocycles. The zero-order chi connectivity index (χ0) is 19.1. The molecule has 1 aliphatic rings. The van der Waals surface area contributed by atoms with E-state index in [1.54, 1.807) is 14.2 Å². The molecule has 152 valence electrons. The molecule has 7 heteroatoms. The second-order valence-electron chi connectivity index (χ2n) is 6.29. The van der Waals surface area contributed by atoms with Gasteiger partial charge in [0.2, 0.25) is 0 Å². The fourth-order valence-electron chi connectivity index (χ4n) is 3.16. The maximum atomic E-state index is 5.75. The van der Waals surface area contributed by atoms with Gasteiger partial charge in [-0.05, 0) is 37.1 Å². The lowest BCUT2D eigenvalue weighted by molar-refractivity contribution is 0.269. The number of nitrogens with one attached hydrogen (secondary N) is 2. The van der Waals surface area contributed by atoms with Gasteiger partial charge in [0.05, 0.1) is 20.8 Å². The van der Waals surface area contributed by atoms with E-state index in [9.17, 15) is 0 Å². The van der Waals surface area contributed by atoms with Crippen LogP contribution in [0.4, 0.5) is 5.69 Å². The Hall–Kier alpha value is -2.16. The number of guanidine groups is 1. The van der Waals surface area contributed by atoms with Crippen molar-refractivity contribution >= 4 is 35.6 Å². The summed E-state index contributed by atoms with van der Waals surface area (Å²) in [6.07, 6.45) is 0.969. The normalized spacial score (nSPS) is 15.5. The van der Waals surface area contributed by atoms with Gasteiger partial charge in [-0.25, -0.2) is 0 Å². The third-order valence-corrected chi connectivity index (χ3v) is 4.54. The van der Waals surface area contributed by atoms with E-state index >= 15 is 0 Å². The molecule has 1 unspecified atom stereocenters. The highest BCUT2D eigenvalue weighted by atomic mass is 127. The third-order valence-electron chi connectivity index (χ3n) is 4.54. The Bertz CT molecular complexity index is 798. The molecule has 0 spiro atoms. The minimum atomic E-state index is 0. The first kappa shape index (κ1) is 22.1. The van der Waals surface area contributed by atoms with Crippen LogP contribution in [0.15, 0.2) is 47.5 Å². The largest absolute Gasteiger partial charge is 0.493 e. The number of hydrogen-bond donors (Lipinski definition) is 2. The Morgan fingerprint density at radius 2 is 1.93 bits per heavy atom. The summed E-state index contributed by atoms with van der Waals surface area (Å²) in [6.45, 7) is 4.26. The van der Waals surface area contributed by atoms with E-state index in [-0.39, 0.29) is 24.0 Å². The number of fused-ring (bicyclic) bond motifs is 1. The number of anilines is 1. The van der Waals surface area contributed by atoms with Crippen LogP contribution in [0.1, 0.15) is 24.8 Å². The first-order valence-electron chi connectivity index (χ1n) is 9.24. The zero-order valence-electron chi connectivity index (χ0n) is 16.5. The van der Waals surface area contributed by atoms with Gasteiger partial charge in [-0.3, -0.25) is 4.99 Å². The molecular formula is C21H28IN3O3. The van der Waals surface area contributed by atoms with Crippen molar-refractivity contribution in [2.24, 2.45) is 4.99 Å². The SMILES string of the molecule is CCNC(=NCC1CCOc2ccccc21)Nc1ccc(OC)c(OC)c1.I. The smallest absolute Gasteiger partial charge is 0.195 e. The monoisotopic (exact) mass is 497 g/mol. The Kier molecular flexibility index (Phi) is 8.69. The maximum absolute atomic E-state index is 5.75. The molecule has 2 aromatic carbocycles. The summed E-state index contributed by atoms with van der Waals surface area (Å²) in [6, 6.07) is 13.9. The fourth-order valence-corrected chi connectivity index (χ4v) is 3.16. The van der Waals surface area contributed by atoms with Crippen LogP contribution in [-0.4, -0.2) is 39.9 Å². The highest BCUT2D eigenvalue weighted by Crippen LogP contribution is 2.33. The van der Waals surface area contributed by atoms with Crippen LogP contribution in [0.25, 0.3) is 0 Å². The Balaban J connectivity index is 0.00000280. The van der Waals surface area contributed by atoms with Crippen LogP contribution < -0.4 is 24.8 Å². The quantitative estimate of drug-likeness (QED) is 0.355. The maximum Gasteiger partial charge on any atom is 0.195 e. The lowest BCUT2D eigenvalue weighted by atomic mass is 9.93. The number of rotatable bonds is 6. The van der Waals surface area contributed by atoms with Crippen LogP contribution in [0.3, 0.4) is 0 Å². The van der Waals surface area contributed by atoms with Crippen molar-refractivity contribution < 1.29 is 14.2 Å². The van der Waals surface area contributed by atoms with Crippen molar-refractivity contribution in [1.29, 1.82) is 0 Å². The highest BCUT2D eigenvalue weighted by molar-refractivity contribution is 14.0. The molecule has 0 saturated heterocycles. The summed E-state index contributed by atoms with van der Waals surface area (Å²) in [4.78, 5) is 4.80. The van der Waals surface area contributed by atoms with Gasteiger partial charge in [0.25, 0.3) is 0 Å². The van der Waals surface area contributed by atoms with Gasteiger partial charge < -0.3 is 24.8 Å². The molecule has 28 heavy (non-hydrogen) atoms. The topological polar surface area (TPSA) is 64.1 Å². The lowest BCUT2D eigenvalue weighted by Crippen LogP contribution is -2.31. The first-order chi connectivity index (χ1) is 13.2. The number of aliphatic imine (C=N–C) groups is 1. The van der Waals surface area contributed by atoms with E-state index < -0.39 is 0 Å². The average Bonchev–Trinajstić information content (AvgIpc) is 2.72. The second-order valence-corrected chi connectivity index (χ2v) is 6.29. The summed E-state index contributed by atoms with van der Waals surface area (Å²) in [5.74, 6) is 3.45. The minimum absolute atomic E-state index is 0. The van der Waals surface area contributed by atoms with E-state index in [1.807, 2.05) is 30.3 Å². The first-order valence-corrected chi connectivity index (χ1v) is 9.24. The van der Waals surface area contributed by atoms with Gasteiger partial charge in [0, 0.05) is 30.8 Å². The van der Waals surface area contributed by atoms with Gasteiger partial charge in [-0.2, -0.15) is 0 Å². The van der Waals surface area contributed by atoms with Crippen molar-refractivity contribution in [3.05, 3.63) is 48.0 Å². The molecule has 0 aliphatic carbocycles. The molecule has 3 rings (SSSR count). The van der Waals surface area contributed by atoms with Crippen LogP contribution in [0.5, 0.6) is 17.2 Å². The number of halogens is 1. The molecule has 1 heterocycles. The van der Waals surface area contributed by atoms with Gasteiger partial charge in [-0.15, -0.1) is 24.0 Å². The zero-order valence-corrected chi connectivity index (χ0v) is 18.9.